The number of carboxylic acid groups (broad SMARTS) is 2. The zero-order valence-corrected chi connectivity index (χ0v) is 12.4. The van der Waals surface area contributed by atoms with E-state index in [0.717, 1.165) is 5.56 Å². The molecular weight excluding hydrogens is 256 g/mol. The zero-order chi connectivity index (χ0) is 15.6. The number of hydrogen-bond donors (Lipinski definition) is 2. The molecule has 0 saturated carbocycles. The van der Waals surface area contributed by atoms with Gasteiger partial charge in [0.15, 0.2) is 0 Å². The quantitative estimate of drug-likeness (QED) is 0.867. The lowest BCUT2D eigenvalue weighted by atomic mass is 9.77. The second kappa shape index (κ2) is 5.65. The molecule has 0 radical (unpaired) electrons. The second-order valence-electron chi connectivity index (χ2n) is 6.36. The summed E-state index contributed by atoms with van der Waals surface area (Å²) in [6, 6.07) is 7.40. The fraction of sp³-hybridized carbons (Fsp3) is 0.500. The molecule has 0 heterocycles. The molecule has 0 spiro atoms. The van der Waals surface area contributed by atoms with Crippen molar-refractivity contribution in [1.29, 1.82) is 0 Å². The molecule has 1 unspecified atom stereocenters. The minimum atomic E-state index is -1.17. The van der Waals surface area contributed by atoms with E-state index >= 15 is 0 Å². The monoisotopic (exact) mass is 278 g/mol. The van der Waals surface area contributed by atoms with Crippen molar-refractivity contribution in [2.24, 2.45) is 0 Å². The summed E-state index contributed by atoms with van der Waals surface area (Å²) in [4.78, 5) is 22.2. The Morgan fingerprint density at radius 2 is 1.40 bits per heavy atom. The van der Waals surface area contributed by atoms with Gasteiger partial charge in [0.25, 0.3) is 0 Å². The molecule has 1 aromatic carbocycles. The molecule has 1 rings (SSSR count). The number of rotatable bonds is 5. The van der Waals surface area contributed by atoms with Crippen LogP contribution < -0.4 is 0 Å². The predicted octanol–water partition coefficient (Wildman–Crippen LogP) is 3.19. The van der Waals surface area contributed by atoms with Crippen LogP contribution in [0.4, 0.5) is 0 Å². The summed E-state index contributed by atoms with van der Waals surface area (Å²) >= 11 is 0. The lowest BCUT2D eigenvalue weighted by Crippen LogP contribution is -2.33. The first kappa shape index (κ1) is 16.2. The lowest BCUT2D eigenvalue weighted by Gasteiger charge is -2.26. The van der Waals surface area contributed by atoms with Crippen LogP contribution in [0, 0.1) is 0 Å². The van der Waals surface area contributed by atoms with Gasteiger partial charge in [0.05, 0.1) is 5.41 Å². The maximum atomic E-state index is 11.5. The number of hydrogen-bond acceptors (Lipinski definition) is 2. The van der Waals surface area contributed by atoms with E-state index in [1.165, 1.54) is 0 Å². The third-order valence-corrected chi connectivity index (χ3v) is 3.70. The first-order valence-corrected chi connectivity index (χ1v) is 6.63. The van der Waals surface area contributed by atoms with Crippen LogP contribution in [0.25, 0.3) is 0 Å². The topological polar surface area (TPSA) is 74.6 Å². The number of carbonyl (C=O) groups is 2. The van der Waals surface area contributed by atoms with E-state index in [2.05, 4.69) is 20.8 Å². The molecule has 1 atom stereocenters. The van der Waals surface area contributed by atoms with Crippen LogP contribution in [0.2, 0.25) is 0 Å². The summed E-state index contributed by atoms with van der Waals surface area (Å²) in [5.41, 5.74) is 0.583. The first-order chi connectivity index (χ1) is 9.07. The van der Waals surface area contributed by atoms with Gasteiger partial charge in [-0.25, -0.2) is 0 Å². The lowest BCUT2D eigenvalue weighted by molar-refractivity contribution is -0.144. The average molecular weight is 278 g/mol. The molecule has 0 saturated heterocycles. The molecule has 0 bridgehead atoms. The molecule has 0 aliphatic heterocycles. The van der Waals surface area contributed by atoms with Gasteiger partial charge in [-0.15, -0.1) is 0 Å². The molecule has 2 N–H and O–H groups in total. The maximum absolute atomic E-state index is 11.5. The molecule has 4 nitrogen and oxygen atoms in total. The van der Waals surface area contributed by atoms with Crippen molar-refractivity contribution >= 4 is 11.9 Å². The van der Waals surface area contributed by atoms with Gasteiger partial charge in [-0.1, -0.05) is 45.0 Å². The molecular formula is C16H22O4. The zero-order valence-electron chi connectivity index (χ0n) is 12.4. The summed E-state index contributed by atoms with van der Waals surface area (Å²) in [5.74, 6) is -1.98. The van der Waals surface area contributed by atoms with Crippen LogP contribution in [-0.4, -0.2) is 22.2 Å². The van der Waals surface area contributed by atoms with Crippen LogP contribution >= 0.6 is 0 Å². The minimum absolute atomic E-state index is 0.000774. The smallest absolute Gasteiger partial charge is 0.313 e. The predicted molar refractivity (Wildman–Crippen MR) is 77.0 cm³/mol. The number of benzene rings is 1. The molecule has 0 fully saturated rings. The van der Waals surface area contributed by atoms with E-state index in [1.807, 2.05) is 12.1 Å². The summed E-state index contributed by atoms with van der Waals surface area (Å²) < 4.78 is 0. The molecule has 20 heavy (non-hydrogen) atoms. The molecule has 4 heteroatoms. The number of carboxylic acids is 2. The summed E-state index contributed by atoms with van der Waals surface area (Å²) in [5, 5.41) is 18.2. The van der Waals surface area contributed by atoms with Crippen molar-refractivity contribution in [2.75, 3.05) is 0 Å². The normalized spacial score (nSPS) is 14.6. The van der Waals surface area contributed by atoms with Crippen molar-refractivity contribution < 1.29 is 19.8 Å². The van der Waals surface area contributed by atoms with Crippen molar-refractivity contribution in [3.8, 4) is 0 Å². The second-order valence-corrected chi connectivity index (χ2v) is 6.36. The first-order valence-electron chi connectivity index (χ1n) is 6.63. The Kier molecular flexibility index (Phi) is 4.58. The van der Waals surface area contributed by atoms with Gasteiger partial charge < -0.3 is 10.2 Å². The van der Waals surface area contributed by atoms with Crippen molar-refractivity contribution in [2.45, 2.75) is 51.4 Å². The standard InChI is InChI=1S/C16H22O4/c1-15(2,3)11-5-7-12(8-6-11)16(4,14(19)20)10-9-13(17)18/h5-8H,9-10H2,1-4H3,(H,17,18)(H,19,20). The Balaban J connectivity index is 3.10. The maximum Gasteiger partial charge on any atom is 0.313 e. The van der Waals surface area contributed by atoms with Crippen molar-refractivity contribution in [1.82, 2.24) is 0 Å². The van der Waals surface area contributed by atoms with Crippen LogP contribution in [0.3, 0.4) is 0 Å². The fourth-order valence-electron chi connectivity index (χ4n) is 2.07. The van der Waals surface area contributed by atoms with E-state index in [1.54, 1.807) is 19.1 Å². The van der Waals surface area contributed by atoms with Gasteiger partial charge in [0, 0.05) is 6.42 Å². The molecule has 0 aromatic heterocycles. The van der Waals surface area contributed by atoms with Crippen LogP contribution in [0.1, 0.15) is 51.7 Å². The van der Waals surface area contributed by atoms with E-state index < -0.39 is 17.4 Å². The van der Waals surface area contributed by atoms with Crippen LogP contribution in [0.5, 0.6) is 0 Å². The highest BCUT2D eigenvalue weighted by atomic mass is 16.4. The summed E-state index contributed by atoms with van der Waals surface area (Å²) in [6.07, 6.45) is -0.0870. The highest BCUT2D eigenvalue weighted by Gasteiger charge is 2.35. The Labute approximate surface area is 119 Å². The third kappa shape index (κ3) is 3.59. The van der Waals surface area contributed by atoms with Crippen molar-refractivity contribution in [3.63, 3.8) is 0 Å². The summed E-state index contributed by atoms with van der Waals surface area (Å²) in [7, 11) is 0. The minimum Gasteiger partial charge on any atom is -0.481 e. The van der Waals surface area contributed by atoms with Gasteiger partial charge in [0.1, 0.15) is 0 Å². The van der Waals surface area contributed by atoms with E-state index in [9.17, 15) is 14.7 Å². The van der Waals surface area contributed by atoms with Gasteiger partial charge >= 0.3 is 11.9 Å². The SMILES string of the molecule is CC(C)(C)c1ccc(C(C)(CCC(=O)O)C(=O)O)cc1. The number of aliphatic carboxylic acids is 2. The van der Waals surface area contributed by atoms with Gasteiger partial charge in [-0.2, -0.15) is 0 Å². The highest BCUT2D eigenvalue weighted by Crippen LogP contribution is 2.31. The Morgan fingerprint density at radius 1 is 0.950 bits per heavy atom. The fourth-order valence-corrected chi connectivity index (χ4v) is 2.07. The summed E-state index contributed by atoms with van der Waals surface area (Å²) in [6.45, 7) is 7.83. The van der Waals surface area contributed by atoms with Crippen LogP contribution in [0.15, 0.2) is 24.3 Å². The van der Waals surface area contributed by atoms with Gasteiger partial charge in [0.2, 0.25) is 0 Å². The highest BCUT2D eigenvalue weighted by molar-refractivity contribution is 5.81. The largest absolute Gasteiger partial charge is 0.481 e. The third-order valence-electron chi connectivity index (χ3n) is 3.70. The van der Waals surface area contributed by atoms with E-state index in [-0.39, 0.29) is 18.3 Å². The Bertz CT molecular complexity index is 496. The Hall–Kier alpha value is -1.84. The van der Waals surface area contributed by atoms with Gasteiger partial charge in [-0.05, 0) is 29.9 Å². The van der Waals surface area contributed by atoms with Gasteiger partial charge in [-0.3, -0.25) is 9.59 Å². The van der Waals surface area contributed by atoms with Crippen molar-refractivity contribution in [3.05, 3.63) is 35.4 Å². The molecule has 0 aliphatic rings. The average Bonchev–Trinajstić information content (AvgIpc) is 2.34. The van der Waals surface area contributed by atoms with E-state index in [0.29, 0.717) is 5.56 Å². The van der Waals surface area contributed by atoms with E-state index in [4.69, 9.17) is 5.11 Å². The molecule has 0 amide bonds. The molecule has 1 aromatic rings. The Morgan fingerprint density at radius 3 is 1.75 bits per heavy atom. The molecule has 0 aliphatic carbocycles. The molecule has 110 valence electrons. The van der Waals surface area contributed by atoms with Crippen LogP contribution in [-0.2, 0) is 20.4 Å².